The van der Waals surface area contributed by atoms with Crippen LogP contribution in [0.2, 0.25) is 0 Å². The molecule has 0 aliphatic carbocycles. The summed E-state index contributed by atoms with van der Waals surface area (Å²) in [6.07, 6.45) is 0. The minimum Gasteiger partial charge on any atom is -0.858 e. The monoisotopic (exact) mass is 450 g/mol. The third-order valence-electron chi connectivity index (χ3n) is 4.63. The molecule has 32 heavy (non-hydrogen) atoms. The topological polar surface area (TPSA) is 217 Å². The molecule has 12 nitrogen and oxygen atoms in total. The van der Waals surface area contributed by atoms with Crippen LogP contribution in [0.4, 0.5) is 17.2 Å². The van der Waals surface area contributed by atoms with Gasteiger partial charge in [-0.05, 0) is 29.5 Å². The minimum atomic E-state index is -0.756. The van der Waals surface area contributed by atoms with Crippen LogP contribution in [-0.4, -0.2) is 22.1 Å². The van der Waals surface area contributed by atoms with Gasteiger partial charge in [0.25, 0.3) is 0 Å². The number of nitrogen functional groups attached to an aromatic ring is 2. The Morgan fingerprint density at radius 2 is 2.03 bits per heavy atom. The predicted octanol–water partition coefficient (Wildman–Crippen LogP) is -0.357. The highest BCUT2D eigenvalue weighted by molar-refractivity contribution is 7.21. The van der Waals surface area contributed by atoms with E-state index >= 15 is 0 Å². The minimum absolute atomic E-state index is 0.00731. The van der Waals surface area contributed by atoms with E-state index in [9.17, 15) is 20.0 Å². The molecule has 3 heterocycles. The SMILES string of the molecule is C[n+]1[nH]oc(=O)c1-c1c(C#N)c(N)nc2sc(C([O-])=Nc3ccc(C(N)=O)cc3)c(N)c12. The summed E-state index contributed by atoms with van der Waals surface area (Å²) < 4.78 is 6.06. The number of aliphatic imine (C=N–C) groups is 1. The van der Waals surface area contributed by atoms with Gasteiger partial charge in [0.15, 0.2) is 7.05 Å². The summed E-state index contributed by atoms with van der Waals surface area (Å²) >= 11 is 0.921. The van der Waals surface area contributed by atoms with Crippen molar-refractivity contribution >= 4 is 50.6 Å². The van der Waals surface area contributed by atoms with Crippen LogP contribution in [0, 0.1) is 11.3 Å². The largest absolute Gasteiger partial charge is 0.858 e. The number of carbonyl (C=O) groups is 1. The second-order valence-electron chi connectivity index (χ2n) is 6.60. The average Bonchev–Trinajstić information content (AvgIpc) is 3.26. The number of H-pyrrole nitrogens is 1. The normalized spacial score (nSPS) is 11.6. The van der Waals surface area contributed by atoms with Crippen LogP contribution >= 0.6 is 11.3 Å². The first-order valence-corrected chi connectivity index (χ1v) is 9.70. The van der Waals surface area contributed by atoms with Gasteiger partial charge in [-0.1, -0.05) is 4.68 Å². The Balaban J connectivity index is 1.95. The predicted molar refractivity (Wildman–Crippen MR) is 114 cm³/mol. The fraction of sp³-hybridized carbons (Fsp3) is 0.0526. The Morgan fingerprint density at radius 1 is 1.34 bits per heavy atom. The molecule has 1 amide bonds. The van der Waals surface area contributed by atoms with E-state index in [-0.39, 0.29) is 54.7 Å². The fourth-order valence-corrected chi connectivity index (χ4v) is 4.15. The number of primary amides is 1. The number of pyridine rings is 1. The molecule has 160 valence electrons. The molecule has 7 N–H and O–H groups in total. The van der Waals surface area contributed by atoms with E-state index in [1.54, 1.807) is 0 Å². The van der Waals surface area contributed by atoms with E-state index in [0.29, 0.717) is 0 Å². The zero-order valence-electron chi connectivity index (χ0n) is 16.4. The van der Waals surface area contributed by atoms with Crippen molar-refractivity contribution in [2.24, 2.45) is 17.8 Å². The van der Waals surface area contributed by atoms with Gasteiger partial charge in [-0.15, -0.1) is 11.3 Å². The Morgan fingerprint density at radius 3 is 2.59 bits per heavy atom. The molecule has 0 aliphatic rings. The lowest BCUT2D eigenvalue weighted by molar-refractivity contribution is -0.730. The number of hydrogen-bond donors (Lipinski definition) is 4. The van der Waals surface area contributed by atoms with E-state index in [2.05, 4.69) is 15.2 Å². The van der Waals surface area contributed by atoms with Crippen molar-refractivity contribution in [3.63, 3.8) is 0 Å². The van der Waals surface area contributed by atoms with Gasteiger partial charge in [0.05, 0.1) is 27.2 Å². The Labute approximate surface area is 182 Å². The van der Waals surface area contributed by atoms with Crippen LogP contribution in [0.1, 0.15) is 20.8 Å². The first-order chi connectivity index (χ1) is 15.2. The number of thiophene rings is 1. The first-order valence-electron chi connectivity index (χ1n) is 8.88. The highest BCUT2D eigenvalue weighted by Crippen LogP contribution is 2.41. The van der Waals surface area contributed by atoms with Crippen molar-refractivity contribution in [2.75, 3.05) is 11.5 Å². The van der Waals surface area contributed by atoms with Crippen LogP contribution in [0.5, 0.6) is 0 Å². The van der Waals surface area contributed by atoms with Gasteiger partial charge in [0.2, 0.25) is 5.91 Å². The van der Waals surface area contributed by atoms with Gasteiger partial charge in [-0.3, -0.25) is 14.3 Å². The molecule has 3 aromatic heterocycles. The highest BCUT2D eigenvalue weighted by Gasteiger charge is 2.31. The number of aromatic amines is 1. The first kappa shape index (κ1) is 20.6. The van der Waals surface area contributed by atoms with Gasteiger partial charge in [0, 0.05) is 11.5 Å². The zero-order valence-corrected chi connectivity index (χ0v) is 17.2. The number of fused-ring (bicyclic) bond motifs is 1. The Hall–Kier alpha value is -4.70. The Bertz CT molecular complexity index is 1520. The lowest BCUT2D eigenvalue weighted by Crippen LogP contribution is -2.34. The molecule has 0 saturated heterocycles. The van der Waals surface area contributed by atoms with Crippen molar-refractivity contribution in [1.29, 1.82) is 5.26 Å². The summed E-state index contributed by atoms with van der Waals surface area (Å²) in [7, 11) is 1.50. The molecule has 0 spiro atoms. The molecular formula is C19H14N8O4S. The molecule has 4 aromatic rings. The summed E-state index contributed by atoms with van der Waals surface area (Å²) in [6.45, 7) is 0. The van der Waals surface area contributed by atoms with Crippen LogP contribution in [0.15, 0.2) is 38.6 Å². The maximum Gasteiger partial charge on any atom is 0.435 e. The summed E-state index contributed by atoms with van der Waals surface area (Å²) in [6, 6.07) is 7.72. The van der Waals surface area contributed by atoms with Crippen molar-refractivity contribution in [2.45, 2.75) is 0 Å². The van der Waals surface area contributed by atoms with Crippen molar-refractivity contribution < 1.29 is 19.1 Å². The van der Waals surface area contributed by atoms with E-state index in [0.717, 1.165) is 11.3 Å². The number of nitrogens with one attached hydrogen (secondary N) is 1. The summed E-state index contributed by atoms with van der Waals surface area (Å²) in [5.74, 6) is -1.41. The number of nitrogens with zero attached hydrogens (tertiary/aromatic N) is 4. The number of aromatic nitrogens is 3. The van der Waals surface area contributed by atoms with Crippen LogP contribution in [0.3, 0.4) is 0 Å². The third-order valence-corrected chi connectivity index (χ3v) is 5.72. The smallest absolute Gasteiger partial charge is 0.435 e. The lowest BCUT2D eigenvalue weighted by atomic mass is 10.0. The van der Waals surface area contributed by atoms with Crippen molar-refractivity contribution in [3.8, 4) is 17.3 Å². The van der Waals surface area contributed by atoms with Gasteiger partial charge in [0.1, 0.15) is 22.3 Å². The molecular weight excluding hydrogens is 436 g/mol. The van der Waals surface area contributed by atoms with Gasteiger partial charge >= 0.3 is 11.3 Å². The highest BCUT2D eigenvalue weighted by atomic mass is 32.1. The van der Waals surface area contributed by atoms with Crippen LogP contribution < -0.4 is 32.6 Å². The molecule has 0 bridgehead atoms. The molecule has 4 rings (SSSR count). The standard InChI is InChI=1S/C19H14N8O4S/c1-27-13(19(30)31-26-27)10-9(6-20)15(22)25-18-11(10)12(21)14(32-18)17(29)24-8-4-2-7(3-5-8)16(23)28/h2-5H,1H3,(H7-,21,22,23,24,25,26,28,29,30). The second kappa shape index (κ2) is 7.52. The zero-order chi connectivity index (χ0) is 23.2. The summed E-state index contributed by atoms with van der Waals surface area (Å²) in [5, 5.41) is 25.1. The molecule has 13 heteroatoms. The van der Waals surface area contributed by atoms with Gasteiger partial charge in [-0.25, -0.2) is 9.78 Å². The van der Waals surface area contributed by atoms with E-state index in [4.69, 9.17) is 21.7 Å². The number of nitrogens with two attached hydrogens (primary N) is 3. The maximum absolute atomic E-state index is 12.9. The number of aryl methyl sites for hydroxylation is 1. The van der Waals surface area contributed by atoms with E-state index < -0.39 is 17.4 Å². The number of benzene rings is 1. The van der Waals surface area contributed by atoms with E-state index in [1.165, 1.54) is 36.0 Å². The summed E-state index contributed by atoms with van der Waals surface area (Å²) in [4.78, 5) is 32.0. The number of rotatable bonds is 4. The number of hydrogen-bond acceptors (Lipinski definition) is 10. The van der Waals surface area contributed by atoms with E-state index in [1.807, 2.05) is 6.07 Å². The van der Waals surface area contributed by atoms with Gasteiger partial charge < -0.3 is 22.3 Å². The molecule has 1 aromatic carbocycles. The number of nitriles is 1. The molecule has 0 aliphatic heterocycles. The van der Waals surface area contributed by atoms with Gasteiger partial charge in [-0.2, -0.15) is 5.26 Å². The van der Waals surface area contributed by atoms with Crippen LogP contribution in [-0.2, 0) is 7.05 Å². The van der Waals surface area contributed by atoms with Crippen molar-refractivity contribution in [3.05, 3.63) is 50.7 Å². The fourth-order valence-electron chi connectivity index (χ4n) is 3.16. The molecule has 0 radical (unpaired) electrons. The maximum atomic E-state index is 12.9. The van der Waals surface area contributed by atoms with Crippen molar-refractivity contribution in [1.82, 2.24) is 10.3 Å². The number of amides is 1. The molecule has 0 fully saturated rings. The quantitative estimate of drug-likeness (QED) is 0.182. The molecule has 0 atom stereocenters. The lowest BCUT2D eigenvalue weighted by Gasteiger charge is -2.10. The molecule has 0 saturated carbocycles. The Kier molecular flexibility index (Phi) is 4.84. The summed E-state index contributed by atoms with van der Waals surface area (Å²) in [5.41, 5.74) is 17.2. The second-order valence-corrected chi connectivity index (χ2v) is 7.60. The third kappa shape index (κ3) is 3.20. The number of anilines is 2. The molecule has 0 unspecified atom stereocenters. The van der Waals surface area contributed by atoms with Crippen LogP contribution in [0.25, 0.3) is 21.5 Å². The number of carbonyl (C=O) groups excluding carboxylic acids is 1. The average molecular weight is 450 g/mol.